The molecular formula is C15H27NO4Si. The quantitative estimate of drug-likeness (QED) is 0.802. The first kappa shape index (κ1) is 16.4. The molecule has 1 amide bonds. The Morgan fingerprint density at radius 3 is 2.62 bits per heavy atom. The van der Waals surface area contributed by atoms with Crippen molar-refractivity contribution >= 4 is 14.4 Å². The summed E-state index contributed by atoms with van der Waals surface area (Å²) in [6.07, 6.45) is 3.23. The molecule has 2 heterocycles. The van der Waals surface area contributed by atoms with Gasteiger partial charge in [-0.1, -0.05) is 20.8 Å². The highest BCUT2D eigenvalue weighted by Crippen LogP contribution is 2.40. The summed E-state index contributed by atoms with van der Waals surface area (Å²) in [5.74, 6) is 0.886. The molecule has 5 nitrogen and oxygen atoms in total. The molecule has 0 aromatic heterocycles. The molecule has 0 aromatic carbocycles. The van der Waals surface area contributed by atoms with Gasteiger partial charge >= 0.3 is 6.09 Å². The molecule has 1 fully saturated rings. The van der Waals surface area contributed by atoms with E-state index in [0.717, 1.165) is 18.6 Å². The van der Waals surface area contributed by atoms with Gasteiger partial charge in [0.1, 0.15) is 12.0 Å². The number of amides is 1. The van der Waals surface area contributed by atoms with Crippen LogP contribution in [0.4, 0.5) is 4.79 Å². The first-order chi connectivity index (χ1) is 9.62. The Morgan fingerprint density at radius 1 is 1.52 bits per heavy atom. The van der Waals surface area contributed by atoms with Gasteiger partial charge in [0, 0.05) is 13.0 Å². The lowest BCUT2D eigenvalue weighted by molar-refractivity contribution is 0.0216. The van der Waals surface area contributed by atoms with Crippen molar-refractivity contribution in [3.05, 3.63) is 12.0 Å². The summed E-state index contributed by atoms with van der Waals surface area (Å²) in [7, 11) is -1.91. The van der Waals surface area contributed by atoms with E-state index < -0.39 is 14.4 Å². The molecule has 2 unspecified atom stereocenters. The molecular weight excluding hydrogens is 286 g/mol. The SMILES string of the molecule is CC(C)(C)[Si](C)(C)OC1CCCN(C(=O)O)C1CC1=CO1. The van der Waals surface area contributed by atoms with Crippen LogP contribution in [0.15, 0.2) is 12.0 Å². The number of carboxylic acid groups (broad SMARTS) is 1. The highest BCUT2D eigenvalue weighted by molar-refractivity contribution is 6.74. The van der Waals surface area contributed by atoms with Crippen LogP contribution < -0.4 is 0 Å². The van der Waals surface area contributed by atoms with Crippen LogP contribution in [0.25, 0.3) is 0 Å². The van der Waals surface area contributed by atoms with Gasteiger partial charge in [-0.05, 0) is 31.0 Å². The van der Waals surface area contributed by atoms with Gasteiger partial charge in [-0.25, -0.2) is 4.79 Å². The fourth-order valence-electron chi connectivity index (χ4n) is 2.54. The zero-order chi connectivity index (χ0) is 15.8. The maximum absolute atomic E-state index is 11.5. The molecule has 0 aliphatic carbocycles. The summed E-state index contributed by atoms with van der Waals surface area (Å²) in [6.45, 7) is 11.6. The molecule has 2 aliphatic rings. The number of nitrogens with zero attached hydrogens (tertiary/aromatic N) is 1. The van der Waals surface area contributed by atoms with Crippen molar-refractivity contribution in [2.75, 3.05) is 6.54 Å². The predicted molar refractivity (Wildman–Crippen MR) is 83.6 cm³/mol. The van der Waals surface area contributed by atoms with Gasteiger partial charge in [0.25, 0.3) is 0 Å². The van der Waals surface area contributed by atoms with Gasteiger partial charge in [-0.2, -0.15) is 0 Å². The second-order valence-corrected chi connectivity index (χ2v) is 12.3. The average Bonchev–Trinajstić information content (AvgIpc) is 3.13. The molecule has 0 aromatic rings. The lowest BCUT2D eigenvalue weighted by Gasteiger charge is -2.45. The molecule has 120 valence electrons. The van der Waals surface area contributed by atoms with Crippen LogP contribution in [0, 0.1) is 0 Å². The minimum absolute atomic E-state index is 0.0270. The van der Waals surface area contributed by atoms with Crippen molar-refractivity contribution in [1.82, 2.24) is 4.90 Å². The Hall–Kier alpha value is -1.01. The van der Waals surface area contributed by atoms with E-state index in [1.165, 1.54) is 4.90 Å². The van der Waals surface area contributed by atoms with E-state index in [4.69, 9.17) is 9.16 Å². The van der Waals surface area contributed by atoms with Gasteiger partial charge in [-0.15, -0.1) is 0 Å². The van der Waals surface area contributed by atoms with Crippen molar-refractivity contribution in [2.45, 2.75) is 70.3 Å². The topological polar surface area (TPSA) is 62.3 Å². The molecule has 0 spiro atoms. The highest BCUT2D eigenvalue weighted by Gasteiger charge is 2.44. The molecule has 0 radical (unpaired) electrons. The summed E-state index contributed by atoms with van der Waals surface area (Å²) in [5, 5.41) is 9.56. The smallest absolute Gasteiger partial charge is 0.407 e. The standard InChI is InChI=1S/C15H27NO4Si/c1-15(2,3)21(4,5)20-13-7-6-8-16(14(17)18)12(13)9-11-10-19-11/h10,12-13H,6-9H2,1-5H3,(H,17,18). The third-order valence-electron chi connectivity index (χ3n) is 4.91. The molecule has 2 rings (SSSR count). The number of rotatable bonds is 4. The summed E-state index contributed by atoms with van der Waals surface area (Å²) in [6, 6.07) is -0.126. The Labute approximate surface area is 128 Å². The zero-order valence-electron chi connectivity index (χ0n) is 13.7. The summed E-state index contributed by atoms with van der Waals surface area (Å²) in [4.78, 5) is 13.0. The molecule has 0 bridgehead atoms. The molecule has 2 atom stereocenters. The molecule has 2 aliphatic heterocycles. The minimum atomic E-state index is -1.91. The third-order valence-corrected chi connectivity index (χ3v) is 9.41. The molecule has 0 saturated carbocycles. The van der Waals surface area contributed by atoms with Crippen LogP contribution in [0.3, 0.4) is 0 Å². The Morgan fingerprint density at radius 2 is 2.14 bits per heavy atom. The summed E-state index contributed by atoms with van der Waals surface area (Å²) in [5.41, 5.74) is 0. The first-order valence-electron chi connectivity index (χ1n) is 7.65. The van der Waals surface area contributed by atoms with Crippen LogP contribution in [0.2, 0.25) is 18.1 Å². The fraction of sp³-hybridized carbons (Fsp3) is 0.800. The predicted octanol–water partition coefficient (Wildman–Crippen LogP) is 3.78. The zero-order valence-corrected chi connectivity index (χ0v) is 14.7. The normalized spacial score (nSPS) is 26.1. The number of likely N-dealkylation sites (tertiary alicyclic amines) is 1. The van der Waals surface area contributed by atoms with Gasteiger partial charge in [0.05, 0.1) is 12.1 Å². The van der Waals surface area contributed by atoms with Crippen LogP contribution in [0.1, 0.15) is 40.0 Å². The van der Waals surface area contributed by atoms with Gasteiger partial charge in [0.15, 0.2) is 8.32 Å². The molecule has 6 heteroatoms. The van der Waals surface area contributed by atoms with Crippen molar-refractivity contribution in [3.63, 3.8) is 0 Å². The van der Waals surface area contributed by atoms with E-state index in [1.807, 2.05) is 0 Å². The lowest BCUT2D eigenvalue weighted by Crippen LogP contribution is -2.55. The second-order valence-electron chi connectivity index (χ2n) is 7.51. The first-order valence-corrected chi connectivity index (χ1v) is 10.6. The average molecular weight is 313 g/mol. The van der Waals surface area contributed by atoms with E-state index in [1.54, 1.807) is 6.26 Å². The van der Waals surface area contributed by atoms with Crippen LogP contribution >= 0.6 is 0 Å². The van der Waals surface area contributed by atoms with Crippen molar-refractivity contribution in [2.24, 2.45) is 0 Å². The maximum atomic E-state index is 11.5. The monoisotopic (exact) mass is 313 g/mol. The molecule has 1 N–H and O–H groups in total. The van der Waals surface area contributed by atoms with Crippen LogP contribution in [0.5, 0.6) is 0 Å². The molecule has 1 saturated heterocycles. The Bertz CT molecular complexity index is 441. The Kier molecular flexibility index (Phi) is 4.40. The third kappa shape index (κ3) is 3.80. The van der Waals surface area contributed by atoms with E-state index in [-0.39, 0.29) is 17.2 Å². The number of piperidine rings is 1. The van der Waals surface area contributed by atoms with Gasteiger partial charge < -0.3 is 19.2 Å². The van der Waals surface area contributed by atoms with E-state index >= 15 is 0 Å². The van der Waals surface area contributed by atoms with Crippen molar-refractivity contribution in [3.8, 4) is 0 Å². The summed E-state index contributed by atoms with van der Waals surface area (Å²) >= 11 is 0. The van der Waals surface area contributed by atoms with Crippen molar-refractivity contribution < 1.29 is 19.1 Å². The van der Waals surface area contributed by atoms with Crippen LogP contribution in [-0.2, 0) is 9.16 Å². The maximum Gasteiger partial charge on any atom is 0.407 e. The Balaban J connectivity index is 2.14. The largest absolute Gasteiger partial charge is 0.465 e. The number of hydrogen-bond acceptors (Lipinski definition) is 3. The number of carbonyl (C=O) groups is 1. The second kappa shape index (κ2) is 5.65. The van der Waals surface area contributed by atoms with Gasteiger partial charge in [-0.3, -0.25) is 0 Å². The van der Waals surface area contributed by atoms with Crippen molar-refractivity contribution in [1.29, 1.82) is 0 Å². The number of hydrogen-bond donors (Lipinski definition) is 1. The van der Waals surface area contributed by atoms with E-state index in [9.17, 15) is 9.90 Å². The van der Waals surface area contributed by atoms with Crippen LogP contribution in [-0.4, -0.2) is 43.1 Å². The van der Waals surface area contributed by atoms with E-state index in [2.05, 4.69) is 33.9 Å². The minimum Gasteiger partial charge on any atom is -0.465 e. The fourth-order valence-corrected chi connectivity index (χ4v) is 3.92. The van der Waals surface area contributed by atoms with Gasteiger partial charge in [0.2, 0.25) is 0 Å². The van der Waals surface area contributed by atoms with E-state index in [0.29, 0.717) is 13.0 Å². The highest BCUT2D eigenvalue weighted by atomic mass is 28.4. The summed E-state index contributed by atoms with van der Waals surface area (Å²) < 4.78 is 11.6. The number of ether oxygens (including phenoxy) is 1. The molecule has 21 heavy (non-hydrogen) atoms. The lowest BCUT2D eigenvalue weighted by atomic mass is 9.96.